The number of amides is 2. The summed E-state index contributed by atoms with van der Waals surface area (Å²) in [6.07, 6.45) is -0.801. The van der Waals surface area contributed by atoms with Crippen LogP contribution in [0.5, 0.6) is 17.2 Å². The predicted octanol–water partition coefficient (Wildman–Crippen LogP) is 4.13. The summed E-state index contributed by atoms with van der Waals surface area (Å²) in [5, 5.41) is 5.66. The summed E-state index contributed by atoms with van der Waals surface area (Å²) in [7, 11) is 0. The lowest BCUT2D eigenvalue weighted by atomic mass is 10.1. The number of ether oxygens (including phenoxy) is 4. The van der Waals surface area contributed by atoms with E-state index in [1.807, 2.05) is 6.07 Å². The normalized spacial score (nSPS) is 11.4. The van der Waals surface area contributed by atoms with E-state index in [1.165, 1.54) is 12.1 Å². The molecule has 2 amide bonds. The number of hydrogen-bond acceptors (Lipinski definition) is 7. The van der Waals surface area contributed by atoms with Gasteiger partial charge in [0.2, 0.25) is 6.79 Å². The molecule has 1 aliphatic heterocycles. The van der Waals surface area contributed by atoms with E-state index in [2.05, 4.69) is 10.6 Å². The Morgan fingerprint density at radius 3 is 2.44 bits per heavy atom. The van der Waals surface area contributed by atoms with Crippen molar-refractivity contribution in [3.05, 3.63) is 83.4 Å². The first-order valence-corrected chi connectivity index (χ1v) is 10.5. The summed E-state index contributed by atoms with van der Waals surface area (Å²) in [6.45, 7) is 2.29. The average Bonchev–Trinajstić information content (AvgIpc) is 3.31. The van der Waals surface area contributed by atoms with Crippen molar-refractivity contribution in [1.82, 2.24) is 5.32 Å². The van der Waals surface area contributed by atoms with Gasteiger partial charge in [-0.3, -0.25) is 9.59 Å². The fourth-order valence-corrected chi connectivity index (χ4v) is 3.20. The lowest BCUT2D eigenvalue weighted by Crippen LogP contribution is -2.22. The average molecular weight is 462 g/mol. The molecule has 3 aromatic carbocycles. The second kappa shape index (κ2) is 10.4. The first-order valence-electron chi connectivity index (χ1n) is 10.5. The second-order valence-corrected chi connectivity index (χ2v) is 7.21. The van der Waals surface area contributed by atoms with Gasteiger partial charge in [0.05, 0.1) is 6.61 Å². The van der Waals surface area contributed by atoms with Crippen LogP contribution in [0.15, 0.2) is 66.7 Å². The van der Waals surface area contributed by atoms with E-state index in [0.29, 0.717) is 28.3 Å². The van der Waals surface area contributed by atoms with Gasteiger partial charge in [-0.05, 0) is 67.1 Å². The first-order chi connectivity index (χ1) is 16.5. The summed E-state index contributed by atoms with van der Waals surface area (Å²) in [5.41, 5.74) is 2.25. The molecule has 0 radical (unpaired) electrons. The quantitative estimate of drug-likeness (QED) is 0.401. The Hall–Kier alpha value is -4.53. The SMILES string of the molecule is CCOC(=O)Oc1ccc(C(=O)NCc2cccc(NC(=O)c3ccc4c(c3)OCO4)c2)cc1. The zero-order valence-corrected chi connectivity index (χ0v) is 18.3. The molecule has 0 unspecified atom stereocenters. The largest absolute Gasteiger partial charge is 0.513 e. The van der Waals surface area contributed by atoms with Gasteiger partial charge in [-0.1, -0.05) is 12.1 Å². The topological polar surface area (TPSA) is 112 Å². The molecule has 9 nitrogen and oxygen atoms in total. The maximum Gasteiger partial charge on any atom is 0.513 e. The van der Waals surface area contributed by atoms with Crippen molar-refractivity contribution in [2.24, 2.45) is 0 Å². The van der Waals surface area contributed by atoms with Crippen LogP contribution >= 0.6 is 0 Å². The van der Waals surface area contributed by atoms with Crippen LogP contribution in [0, 0.1) is 0 Å². The summed E-state index contributed by atoms with van der Waals surface area (Å²) >= 11 is 0. The third-order valence-electron chi connectivity index (χ3n) is 4.85. The van der Waals surface area contributed by atoms with Crippen LogP contribution in [-0.2, 0) is 11.3 Å². The minimum absolute atomic E-state index is 0.139. The van der Waals surface area contributed by atoms with E-state index in [-0.39, 0.29) is 37.5 Å². The van der Waals surface area contributed by atoms with Crippen LogP contribution in [0.3, 0.4) is 0 Å². The van der Waals surface area contributed by atoms with Crippen LogP contribution in [-0.4, -0.2) is 31.4 Å². The maximum absolute atomic E-state index is 12.6. The zero-order chi connectivity index (χ0) is 23.9. The van der Waals surface area contributed by atoms with Crippen LogP contribution < -0.4 is 24.8 Å². The van der Waals surface area contributed by atoms with Gasteiger partial charge in [0, 0.05) is 23.4 Å². The molecule has 0 aromatic heterocycles. The molecule has 0 saturated heterocycles. The molecular formula is C25H22N2O7. The van der Waals surface area contributed by atoms with Crippen molar-refractivity contribution in [1.29, 1.82) is 0 Å². The minimum atomic E-state index is -0.801. The molecule has 3 aromatic rings. The van der Waals surface area contributed by atoms with Crippen LogP contribution in [0.2, 0.25) is 0 Å². The van der Waals surface area contributed by atoms with Crippen molar-refractivity contribution >= 4 is 23.7 Å². The van der Waals surface area contributed by atoms with E-state index in [0.717, 1.165) is 5.56 Å². The van der Waals surface area contributed by atoms with Gasteiger partial charge in [-0.15, -0.1) is 0 Å². The Morgan fingerprint density at radius 2 is 1.65 bits per heavy atom. The van der Waals surface area contributed by atoms with Crippen LogP contribution in [0.1, 0.15) is 33.2 Å². The summed E-state index contributed by atoms with van der Waals surface area (Å²) in [6, 6.07) is 18.3. The van der Waals surface area contributed by atoms with Crippen molar-refractivity contribution in [2.45, 2.75) is 13.5 Å². The van der Waals surface area contributed by atoms with Gasteiger partial charge in [-0.25, -0.2) is 4.79 Å². The van der Waals surface area contributed by atoms with Crippen molar-refractivity contribution in [2.75, 3.05) is 18.7 Å². The molecule has 4 rings (SSSR count). The molecule has 174 valence electrons. The third kappa shape index (κ3) is 5.63. The van der Waals surface area contributed by atoms with E-state index < -0.39 is 6.16 Å². The lowest BCUT2D eigenvalue weighted by Gasteiger charge is -2.10. The molecule has 9 heteroatoms. The number of benzene rings is 3. The lowest BCUT2D eigenvalue weighted by molar-refractivity contribution is 0.0950. The van der Waals surface area contributed by atoms with Gasteiger partial charge in [0.1, 0.15) is 5.75 Å². The standard InChI is InChI=1S/C25H22N2O7/c1-2-31-25(30)34-20-9-6-17(7-10-20)23(28)26-14-16-4-3-5-19(12-16)27-24(29)18-8-11-21-22(13-18)33-15-32-21/h3-13H,2,14-15H2,1H3,(H,26,28)(H,27,29). The highest BCUT2D eigenvalue weighted by molar-refractivity contribution is 6.04. The van der Waals surface area contributed by atoms with E-state index >= 15 is 0 Å². The highest BCUT2D eigenvalue weighted by atomic mass is 16.7. The highest BCUT2D eigenvalue weighted by Crippen LogP contribution is 2.32. The molecule has 1 aliphatic rings. The van der Waals surface area contributed by atoms with Gasteiger partial charge in [-0.2, -0.15) is 0 Å². The Bertz CT molecular complexity index is 1210. The molecule has 0 saturated carbocycles. The monoisotopic (exact) mass is 462 g/mol. The van der Waals surface area contributed by atoms with Crippen molar-refractivity contribution < 1.29 is 33.3 Å². The van der Waals surface area contributed by atoms with Crippen LogP contribution in [0.4, 0.5) is 10.5 Å². The molecule has 0 spiro atoms. The maximum atomic E-state index is 12.6. The van der Waals surface area contributed by atoms with Gasteiger partial charge in [0.25, 0.3) is 11.8 Å². The van der Waals surface area contributed by atoms with Crippen molar-refractivity contribution in [3.8, 4) is 17.2 Å². The Labute approximate surface area is 195 Å². The number of fused-ring (bicyclic) bond motifs is 1. The first kappa shape index (κ1) is 22.7. The fraction of sp³-hybridized carbons (Fsp3) is 0.160. The number of carbonyl (C=O) groups excluding carboxylic acids is 3. The highest BCUT2D eigenvalue weighted by Gasteiger charge is 2.16. The molecule has 34 heavy (non-hydrogen) atoms. The Balaban J connectivity index is 1.32. The van der Waals surface area contributed by atoms with Crippen LogP contribution in [0.25, 0.3) is 0 Å². The fourth-order valence-electron chi connectivity index (χ4n) is 3.20. The van der Waals surface area contributed by atoms with Gasteiger partial charge < -0.3 is 29.6 Å². The number of carbonyl (C=O) groups is 3. The Kier molecular flexibility index (Phi) is 6.92. The third-order valence-corrected chi connectivity index (χ3v) is 4.85. The molecule has 2 N–H and O–H groups in total. The van der Waals surface area contributed by atoms with E-state index in [4.69, 9.17) is 18.9 Å². The molecule has 0 atom stereocenters. The number of nitrogens with one attached hydrogen (secondary N) is 2. The van der Waals surface area contributed by atoms with E-state index in [9.17, 15) is 14.4 Å². The number of rotatable bonds is 7. The number of hydrogen-bond donors (Lipinski definition) is 2. The molecule has 1 heterocycles. The summed E-state index contributed by atoms with van der Waals surface area (Å²) in [4.78, 5) is 36.4. The molecule has 0 fully saturated rings. The second-order valence-electron chi connectivity index (χ2n) is 7.21. The predicted molar refractivity (Wildman–Crippen MR) is 122 cm³/mol. The van der Waals surface area contributed by atoms with Crippen molar-refractivity contribution in [3.63, 3.8) is 0 Å². The summed E-state index contributed by atoms with van der Waals surface area (Å²) in [5.74, 6) is 0.836. The molecule has 0 bridgehead atoms. The zero-order valence-electron chi connectivity index (χ0n) is 18.3. The Morgan fingerprint density at radius 1 is 0.882 bits per heavy atom. The van der Waals surface area contributed by atoms with Gasteiger partial charge in [0.15, 0.2) is 11.5 Å². The minimum Gasteiger partial charge on any atom is -0.454 e. The number of anilines is 1. The molecular weight excluding hydrogens is 440 g/mol. The molecule has 0 aliphatic carbocycles. The van der Waals surface area contributed by atoms with E-state index in [1.54, 1.807) is 55.5 Å². The smallest absolute Gasteiger partial charge is 0.454 e. The van der Waals surface area contributed by atoms with Gasteiger partial charge >= 0.3 is 6.16 Å². The summed E-state index contributed by atoms with van der Waals surface area (Å²) < 4.78 is 20.3.